The van der Waals surface area contributed by atoms with E-state index in [1.165, 1.54) is 7.11 Å². The molecule has 2 N–H and O–H groups in total. The second-order valence-electron chi connectivity index (χ2n) is 11.3. The highest BCUT2D eigenvalue weighted by Gasteiger charge is 2.29. The molecule has 11 nitrogen and oxygen atoms in total. The lowest BCUT2D eigenvalue weighted by Gasteiger charge is -2.33. The molecular formula is C33H42N4O7. The van der Waals surface area contributed by atoms with Crippen LogP contribution in [0.3, 0.4) is 0 Å². The molecule has 11 heteroatoms. The smallest absolute Gasteiger partial charge is 0.410 e. The summed E-state index contributed by atoms with van der Waals surface area (Å²) in [6, 6.07) is 16.9. The number of amides is 3. The van der Waals surface area contributed by atoms with Gasteiger partial charge in [-0.25, -0.2) is 9.79 Å². The molecule has 2 aromatic rings. The van der Waals surface area contributed by atoms with E-state index in [-0.39, 0.29) is 37.0 Å². The van der Waals surface area contributed by atoms with Crippen molar-refractivity contribution in [3.63, 3.8) is 0 Å². The lowest BCUT2D eigenvalue weighted by Crippen LogP contribution is -2.45. The van der Waals surface area contributed by atoms with Gasteiger partial charge in [0.05, 0.1) is 19.6 Å². The molecule has 2 atom stereocenters. The van der Waals surface area contributed by atoms with Crippen molar-refractivity contribution >= 4 is 29.8 Å². The van der Waals surface area contributed by atoms with E-state index in [4.69, 9.17) is 9.47 Å². The predicted octanol–water partition coefficient (Wildman–Crippen LogP) is 4.12. The first-order chi connectivity index (χ1) is 21.3. The van der Waals surface area contributed by atoms with Crippen LogP contribution in [0.15, 0.2) is 65.7 Å². The van der Waals surface area contributed by atoms with Crippen molar-refractivity contribution in [1.82, 2.24) is 15.1 Å². The number of carbonyl (C=O) groups is 4. The summed E-state index contributed by atoms with van der Waals surface area (Å²) >= 11 is 0. The van der Waals surface area contributed by atoms with Crippen LogP contribution in [0.2, 0.25) is 0 Å². The molecule has 2 aromatic carbocycles. The zero-order chi connectivity index (χ0) is 31.3. The van der Waals surface area contributed by atoms with Gasteiger partial charge >= 0.3 is 12.1 Å². The van der Waals surface area contributed by atoms with Crippen molar-refractivity contribution in [3.8, 4) is 0 Å². The normalized spacial score (nSPS) is 18.3. The van der Waals surface area contributed by atoms with Gasteiger partial charge in [-0.15, -0.1) is 0 Å². The summed E-state index contributed by atoms with van der Waals surface area (Å²) in [5, 5.41) is 12.2. The van der Waals surface area contributed by atoms with Crippen LogP contribution < -0.4 is 5.32 Å². The van der Waals surface area contributed by atoms with Gasteiger partial charge in [-0.3, -0.25) is 14.4 Å². The predicted molar refractivity (Wildman–Crippen MR) is 164 cm³/mol. The number of aliphatic carboxylic acids is 1. The van der Waals surface area contributed by atoms with Crippen LogP contribution in [0.5, 0.6) is 0 Å². The number of hydrogen-bond donors (Lipinski definition) is 2. The van der Waals surface area contributed by atoms with Gasteiger partial charge in [-0.1, -0.05) is 48.5 Å². The molecule has 2 fully saturated rings. The van der Waals surface area contributed by atoms with Crippen molar-refractivity contribution in [2.75, 3.05) is 33.3 Å². The number of likely N-dealkylation sites (tertiary alicyclic amines) is 2. The number of benzene rings is 2. The van der Waals surface area contributed by atoms with E-state index >= 15 is 0 Å². The summed E-state index contributed by atoms with van der Waals surface area (Å²) in [5.41, 5.74) is 1.36. The Hall–Kier alpha value is -4.41. The fourth-order valence-electron chi connectivity index (χ4n) is 5.66. The summed E-state index contributed by atoms with van der Waals surface area (Å²) in [6.07, 6.45) is 3.64. The average molecular weight is 607 g/mol. The van der Waals surface area contributed by atoms with Crippen molar-refractivity contribution in [2.45, 2.75) is 63.6 Å². The first-order valence-electron chi connectivity index (χ1n) is 15.2. The molecule has 236 valence electrons. The van der Waals surface area contributed by atoms with Gasteiger partial charge in [-0.05, 0) is 55.7 Å². The summed E-state index contributed by atoms with van der Waals surface area (Å²) in [6.45, 7) is 2.53. The second-order valence-corrected chi connectivity index (χ2v) is 11.3. The molecule has 0 aromatic heterocycles. The largest absolute Gasteiger partial charge is 0.483 e. The Morgan fingerprint density at radius 2 is 1.64 bits per heavy atom. The van der Waals surface area contributed by atoms with Gasteiger partial charge < -0.3 is 29.7 Å². The van der Waals surface area contributed by atoms with Crippen molar-refractivity contribution < 1.29 is 33.8 Å². The van der Waals surface area contributed by atoms with E-state index in [1.807, 2.05) is 35.2 Å². The minimum absolute atomic E-state index is 0.0630. The molecule has 2 saturated heterocycles. The quantitative estimate of drug-likeness (QED) is 0.290. The van der Waals surface area contributed by atoms with Crippen molar-refractivity contribution in [1.29, 1.82) is 0 Å². The molecule has 2 heterocycles. The molecule has 1 unspecified atom stereocenters. The Bertz CT molecular complexity index is 1280. The van der Waals surface area contributed by atoms with E-state index in [2.05, 4.69) is 10.3 Å². The zero-order valence-corrected chi connectivity index (χ0v) is 25.2. The number of rotatable bonds is 11. The van der Waals surface area contributed by atoms with Crippen LogP contribution in [0.25, 0.3) is 0 Å². The molecular weight excluding hydrogens is 564 g/mol. The maximum Gasteiger partial charge on any atom is 0.410 e. The fourth-order valence-corrected chi connectivity index (χ4v) is 5.66. The van der Waals surface area contributed by atoms with Gasteiger partial charge in [0.15, 0.2) is 0 Å². The number of nitrogens with zero attached hydrogens (tertiary/aromatic N) is 3. The lowest BCUT2D eigenvalue weighted by atomic mass is 9.92. The molecule has 0 bridgehead atoms. The number of piperidine rings is 2. The second kappa shape index (κ2) is 16.4. The van der Waals surface area contributed by atoms with Gasteiger partial charge in [0, 0.05) is 38.2 Å². The maximum absolute atomic E-state index is 13.1. The SMILES string of the molecule is COC(=NC1CCCN(C(=O)CCC2CCN(C(=O)OCc3ccccc3)CC2)C1)[C@H](CC(=O)O)NC(=O)c1ccccc1. The Morgan fingerprint density at radius 1 is 0.955 bits per heavy atom. The number of carboxylic acid groups (broad SMARTS) is 1. The van der Waals surface area contributed by atoms with E-state index in [0.717, 1.165) is 37.7 Å². The zero-order valence-electron chi connectivity index (χ0n) is 25.2. The molecule has 2 aliphatic rings. The summed E-state index contributed by atoms with van der Waals surface area (Å²) < 4.78 is 10.9. The van der Waals surface area contributed by atoms with E-state index in [9.17, 15) is 24.3 Å². The third-order valence-corrected chi connectivity index (χ3v) is 8.13. The number of ether oxygens (including phenoxy) is 2. The first-order valence-corrected chi connectivity index (χ1v) is 15.2. The Labute approximate surface area is 258 Å². The minimum atomic E-state index is -1.09. The lowest BCUT2D eigenvalue weighted by molar-refractivity contribution is -0.137. The molecule has 0 aliphatic carbocycles. The van der Waals surface area contributed by atoms with Crippen LogP contribution in [0.1, 0.15) is 60.9 Å². The number of methoxy groups -OCH3 is 1. The molecule has 4 rings (SSSR count). The number of aliphatic imine (C=N–C) groups is 1. The van der Waals surface area contributed by atoms with E-state index in [1.54, 1.807) is 35.2 Å². The molecule has 3 amide bonds. The van der Waals surface area contributed by atoms with Crippen LogP contribution in [0.4, 0.5) is 4.79 Å². The van der Waals surface area contributed by atoms with Gasteiger partial charge in [0.2, 0.25) is 11.8 Å². The molecule has 0 spiro atoms. The molecule has 44 heavy (non-hydrogen) atoms. The van der Waals surface area contributed by atoms with Crippen LogP contribution in [-0.2, 0) is 25.7 Å². The standard InChI is InChI=1S/C33H42N4O7/c1-43-32(28(21-30(39)40)35-31(41)26-11-6-3-7-12-26)34-27-13-8-18-37(22-27)29(38)15-14-24-16-19-36(20-17-24)33(42)44-23-25-9-4-2-5-10-25/h2-7,9-12,24,27-28H,8,13-23H2,1H3,(H,35,41)(H,39,40)/t27?,28-/m0/s1. The number of hydrogen-bond acceptors (Lipinski definition) is 7. The number of carboxylic acids is 1. The monoisotopic (exact) mass is 606 g/mol. The Morgan fingerprint density at radius 3 is 2.30 bits per heavy atom. The molecule has 2 aliphatic heterocycles. The summed E-state index contributed by atoms with van der Waals surface area (Å²) in [4.78, 5) is 58.1. The number of nitrogens with one attached hydrogen (secondary N) is 1. The highest BCUT2D eigenvalue weighted by Crippen LogP contribution is 2.24. The maximum atomic E-state index is 13.1. The molecule has 0 saturated carbocycles. The highest BCUT2D eigenvalue weighted by atomic mass is 16.6. The van der Waals surface area contributed by atoms with Gasteiger partial charge in [0.25, 0.3) is 5.91 Å². The van der Waals surface area contributed by atoms with Gasteiger partial charge in [0.1, 0.15) is 12.6 Å². The number of carbonyl (C=O) groups excluding carboxylic acids is 3. The third kappa shape index (κ3) is 9.82. The Balaban J connectivity index is 1.24. The van der Waals surface area contributed by atoms with Crippen molar-refractivity contribution in [3.05, 3.63) is 71.8 Å². The third-order valence-electron chi connectivity index (χ3n) is 8.13. The summed E-state index contributed by atoms with van der Waals surface area (Å²) in [7, 11) is 1.41. The summed E-state index contributed by atoms with van der Waals surface area (Å²) in [5.74, 6) is -0.959. The fraction of sp³-hybridized carbons (Fsp3) is 0.485. The van der Waals surface area contributed by atoms with Gasteiger partial charge in [-0.2, -0.15) is 0 Å². The van der Waals surface area contributed by atoms with E-state index in [0.29, 0.717) is 44.1 Å². The van der Waals surface area contributed by atoms with Crippen LogP contribution >= 0.6 is 0 Å². The first kappa shape index (κ1) is 32.5. The van der Waals surface area contributed by atoms with Crippen LogP contribution in [0, 0.1) is 5.92 Å². The average Bonchev–Trinajstić information content (AvgIpc) is 3.05. The topological polar surface area (TPSA) is 138 Å². The van der Waals surface area contributed by atoms with Crippen LogP contribution in [-0.4, -0.2) is 90.1 Å². The Kier molecular flexibility index (Phi) is 12.1. The van der Waals surface area contributed by atoms with E-state index < -0.39 is 17.9 Å². The van der Waals surface area contributed by atoms with Crippen molar-refractivity contribution in [2.24, 2.45) is 10.9 Å². The minimum Gasteiger partial charge on any atom is -0.483 e. The highest BCUT2D eigenvalue weighted by molar-refractivity contribution is 5.98. The molecule has 0 radical (unpaired) electrons.